The van der Waals surface area contributed by atoms with Gasteiger partial charge in [0.25, 0.3) is 0 Å². The van der Waals surface area contributed by atoms with Crippen LogP contribution in [0.25, 0.3) is 0 Å². The predicted molar refractivity (Wildman–Crippen MR) is 88.5 cm³/mol. The predicted octanol–water partition coefficient (Wildman–Crippen LogP) is 4.79. The number of hydrogen-bond donors (Lipinski definition) is 0. The summed E-state index contributed by atoms with van der Waals surface area (Å²) in [6.07, 6.45) is 14.1. The number of carbonyl (C=O) groups is 2. The Morgan fingerprint density at radius 3 is 2.68 bits per heavy atom. The minimum Gasteiger partial charge on any atom is -0.304 e. The van der Waals surface area contributed by atoms with Crippen molar-refractivity contribution >= 4 is 12.1 Å². The molecule has 0 spiro atoms. The molecule has 0 radical (unpaired) electrons. The zero-order valence-corrected chi connectivity index (χ0v) is 14.0. The maximum absolute atomic E-state index is 11.6. The third kappa shape index (κ3) is 2.61. The van der Waals surface area contributed by atoms with Gasteiger partial charge in [-0.05, 0) is 86.3 Å². The van der Waals surface area contributed by atoms with E-state index in [0.29, 0.717) is 11.2 Å². The fourth-order valence-corrected chi connectivity index (χ4v) is 5.52. The Kier molecular flexibility index (Phi) is 4.38. The Labute approximate surface area is 134 Å². The van der Waals surface area contributed by atoms with E-state index in [9.17, 15) is 4.79 Å². The van der Waals surface area contributed by atoms with Gasteiger partial charge in [-0.1, -0.05) is 18.9 Å². The molecule has 2 saturated carbocycles. The van der Waals surface area contributed by atoms with Crippen LogP contribution >= 0.6 is 0 Å². The summed E-state index contributed by atoms with van der Waals surface area (Å²) in [6.45, 7) is 3.99. The summed E-state index contributed by atoms with van der Waals surface area (Å²) in [4.78, 5) is 20.4. The van der Waals surface area contributed by atoms with E-state index in [-0.39, 0.29) is 0 Å². The lowest BCUT2D eigenvalue weighted by Crippen LogP contribution is -2.36. The molecule has 0 aromatic rings. The molecule has 120 valence electrons. The molecule has 0 aromatic carbocycles. The summed E-state index contributed by atoms with van der Waals surface area (Å²) in [6, 6.07) is 0. The number of hydrogen-bond acceptors (Lipinski definition) is 2. The van der Waals surface area contributed by atoms with Crippen LogP contribution in [0, 0.1) is 17.3 Å². The molecular weight excluding hydrogens is 272 g/mol. The summed E-state index contributed by atoms with van der Waals surface area (Å²) in [7, 11) is 0. The van der Waals surface area contributed by atoms with Crippen LogP contribution < -0.4 is 0 Å². The van der Waals surface area contributed by atoms with Crippen molar-refractivity contribution in [3.63, 3.8) is 0 Å². The van der Waals surface area contributed by atoms with Crippen molar-refractivity contribution in [1.82, 2.24) is 0 Å². The Balaban J connectivity index is 0.000000446. The Bertz CT molecular complexity index is 540. The van der Waals surface area contributed by atoms with Gasteiger partial charge in [0, 0.05) is 6.42 Å². The second-order valence-corrected chi connectivity index (χ2v) is 7.67. The second-order valence-electron chi connectivity index (χ2n) is 7.67. The van der Waals surface area contributed by atoms with Gasteiger partial charge in [0.1, 0.15) is 6.29 Å². The first-order valence-corrected chi connectivity index (χ1v) is 8.94. The maximum atomic E-state index is 11.6. The lowest BCUT2D eigenvalue weighted by atomic mass is 9.58. The van der Waals surface area contributed by atoms with Crippen LogP contribution in [0.5, 0.6) is 0 Å². The Hall–Kier alpha value is -1.18. The SMILES string of the molecule is CC=O.C[C@]12CCCC1C1CCC3=CC(=O)CCC3=C1CC2. The zero-order valence-electron chi connectivity index (χ0n) is 14.0. The number of carbonyl (C=O) groups excluding carboxylic acids is 2. The van der Waals surface area contributed by atoms with E-state index in [4.69, 9.17) is 4.79 Å². The van der Waals surface area contributed by atoms with Crippen molar-refractivity contribution in [3.05, 3.63) is 22.8 Å². The topological polar surface area (TPSA) is 34.1 Å². The normalized spacial score (nSPS) is 36.5. The average Bonchev–Trinajstić information content (AvgIpc) is 2.89. The largest absolute Gasteiger partial charge is 0.304 e. The molecule has 0 aliphatic heterocycles. The molecule has 4 aliphatic carbocycles. The first-order valence-electron chi connectivity index (χ1n) is 8.94. The number of rotatable bonds is 0. The van der Waals surface area contributed by atoms with E-state index in [1.807, 2.05) is 6.08 Å². The van der Waals surface area contributed by atoms with Gasteiger partial charge in [-0.3, -0.25) is 4.79 Å². The first-order chi connectivity index (χ1) is 10.6. The van der Waals surface area contributed by atoms with Crippen molar-refractivity contribution in [2.45, 2.75) is 71.6 Å². The Morgan fingerprint density at radius 1 is 1.14 bits per heavy atom. The molecule has 2 nitrogen and oxygen atoms in total. The highest BCUT2D eigenvalue weighted by molar-refractivity contribution is 5.93. The summed E-state index contributed by atoms with van der Waals surface area (Å²) >= 11 is 0. The van der Waals surface area contributed by atoms with Gasteiger partial charge in [-0.25, -0.2) is 0 Å². The first kappa shape index (κ1) is 15.7. The van der Waals surface area contributed by atoms with E-state index in [2.05, 4.69) is 6.92 Å². The van der Waals surface area contributed by atoms with Gasteiger partial charge in [0.15, 0.2) is 5.78 Å². The maximum Gasteiger partial charge on any atom is 0.156 e. The van der Waals surface area contributed by atoms with Gasteiger partial charge in [-0.2, -0.15) is 0 Å². The number of allylic oxidation sites excluding steroid dienone is 4. The lowest BCUT2D eigenvalue weighted by Gasteiger charge is -2.47. The zero-order chi connectivity index (χ0) is 15.7. The highest BCUT2D eigenvalue weighted by atomic mass is 16.1. The van der Waals surface area contributed by atoms with E-state index in [0.717, 1.165) is 31.0 Å². The van der Waals surface area contributed by atoms with Gasteiger partial charge in [0.05, 0.1) is 0 Å². The number of aldehydes is 1. The Morgan fingerprint density at radius 2 is 1.91 bits per heavy atom. The molecule has 0 aromatic heterocycles. The molecule has 0 N–H and O–H groups in total. The number of fused-ring (bicyclic) bond motifs is 4. The monoisotopic (exact) mass is 300 g/mol. The van der Waals surface area contributed by atoms with Gasteiger partial charge in [-0.15, -0.1) is 0 Å². The third-order valence-electron chi connectivity index (χ3n) is 6.51. The van der Waals surface area contributed by atoms with Crippen LogP contribution in [0.15, 0.2) is 22.8 Å². The van der Waals surface area contributed by atoms with Crippen molar-refractivity contribution < 1.29 is 9.59 Å². The third-order valence-corrected chi connectivity index (χ3v) is 6.51. The minimum atomic E-state index is 0.360. The average molecular weight is 300 g/mol. The smallest absolute Gasteiger partial charge is 0.156 e. The molecule has 0 heterocycles. The second kappa shape index (κ2) is 6.14. The molecule has 2 unspecified atom stereocenters. The van der Waals surface area contributed by atoms with Crippen molar-refractivity contribution in [3.8, 4) is 0 Å². The molecule has 3 atom stereocenters. The number of ketones is 1. The molecular formula is C20H28O2. The van der Waals surface area contributed by atoms with Crippen LogP contribution in [0.2, 0.25) is 0 Å². The van der Waals surface area contributed by atoms with Gasteiger partial charge < -0.3 is 4.79 Å². The summed E-state index contributed by atoms with van der Waals surface area (Å²) in [5.74, 6) is 2.17. The standard InChI is InChI=1S/C18H24O.C2H4O/c1-18-9-2-3-17(18)16-6-4-12-11-13(19)5-7-14(12)15(16)8-10-18;1-2-3/h11,16-17H,2-10H2,1H3;2H,1H3/t16?,17?,18-;/m1./s1. The highest BCUT2D eigenvalue weighted by Gasteiger charge is 2.48. The van der Waals surface area contributed by atoms with Crippen LogP contribution in [0.1, 0.15) is 71.6 Å². The molecule has 0 bridgehead atoms. The molecule has 0 amide bonds. The molecule has 0 saturated heterocycles. The molecule has 2 fully saturated rings. The summed E-state index contributed by atoms with van der Waals surface area (Å²) < 4.78 is 0. The highest BCUT2D eigenvalue weighted by Crippen LogP contribution is 2.59. The van der Waals surface area contributed by atoms with Gasteiger partial charge >= 0.3 is 0 Å². The molecule has 4 rings (SSSR count). The molecule has 22 heavy (non-hydrogen) atoms. The van der Waals surface area contributed by atoms with E-state index in [1.165, 1.54) is 57.4 Å². The fourth-order valence-electron chi connectivity index (χ4n) is 5.52. The summed E-state index contributed by atoms with van der Waals surface area (Å²) in [5.41, 5.74) is 5.43. The van der Waals surface area contributed by atoms with Gasteiger partial charge in [0.2, 0.25) is 0 Å². The van der Waals surface area contributed by atoms with E-state index < -0.39 is 0 Å². The quantitative estimate of drug-likeness (QED) is 0.603. The van der Waals surface area contributed by atoms with E-state index >= 15 is 0 Å². The lowest BCUT2D eigenvalue weighted by molar-refractivity contribution is -0.114. The van der Waals surface area contributed by atoms with Crippen molar-refractivity contribution in [1.29, 1.82) is 0 Å². The van der Waals surface area contributed by atoms with Crippen LogP contribution in [-0.2, 0) is 9.59 Å². The van der Waals surface area contributed by atoms with Crippen molar-refractivity contribution in [2.75, 3.05) is 0 Å². The molecule has 2 heteroatoms. The fraction of sp³-hybridized carbons (Fsp3) is 0.700. The molecule has 4 aliphatic rings. The summed E-state index contributed by atoms with van der Waals surface area (Å²) in [5, 5.41) is 0. The van der Waals surface area contributed by atoms with Crippen LogP contribution in [-0.4, -0.2) is 12.1 Å². The van der Waals surface area contributed by atoms with Crippen molar-refractivity contribution in [2.24, 2.45) is 17.3 Å². The minimum absolute atomic E-state index is 0.360. The van der Waals surface area contributed by atoms with Crippen LogP contribution in [0.4, 0.5) is 0 Å². The van der Waals surface area contributed by atoms with E-state index in [1.54, 1.807) is 11.1 Å². The van der Waals surface area contributed by atoms with Crippen LogP contribution in [0.3, 0.4) is 0 Å².